The van der Waals surface area contributed by atoms with E-state index in [1.54, 1.807) is 13.1 Å². The molecule has 6 heteroatoms. The molecule has 0 saturated carbocycles. The van der Waals surface area contributed by atoms with E-state index >= 15 is 0 Å². The number of aromatic nitrogens is 1. The van der Waals surface area contributed by atoms with E-state index in [-0.39, 0.29) is 5.69 Å². The van der Waals surface area contributed by atoms with Crippen LogP contribution >= 0.6 is 11.8 Å². The van der Waals surface area contributed by atoms with Crippen LogP contribution < -0.4 is 5.32 Å². The van der Waals surface area contributed by atoms with Crippen molar-refractivity contribution in [3.63, 3.8) is 0 Å². The van der Waals surface area contributed by atoms with Crippen molar-refractivity contribution in [3.05, 3.63) is 52.1 Å². The summed E-state index contributed by atoms with van der Waals surface area (Å²) in [6.07, 6.45) is 0. The van der Waals surface area contributed by atoms with Crippen LogP contribution in [0.2, 0.25) is 0 Å². The second kappa shape index (κ2) is 5.71. The van der Waals surface area contributed by atoms with E-state index in [0.717, 1.165) is 10.5 Å². The number of nitro groups is 1. The van der Waals surface area contributed by atoms with Crippen LogP contribution in [0.5, 0.6) is 0 Å². The smallest absolute Gasteiger partial charge is 0.301 e. The van der Waals surface area contributed by atoms with Gasteiger partial charge in [-0.2, -0.15) is 0 Å². The minimum atomic E-state index is -0.412. The summed E-state index contributed by atoms with van der Waals surface area (Å²) in [5.41, 5.74) is 1.13. The van der Waals surface area contributed by atoms with Gasteiger partial charge >= 0.3 is 5.69 Å². The molecule has 1 aromatic carbocycles. The molecular weight excluding hydrogens is 262 g/mol. The molecule has 0 spiro atoms. The van der Waals surface area contributed by atoms with Crippen LogP contribution in [-0.4, -0.2) is 17.0 Å². The van der Waals surface area contributed by atoms with Gasteiger partial charge in [-0.05, 0) is 25.1 Å². The number of benzene rings is 1. The minimum Gasteiger partial charge on any atom is -0.373 e. The maximum Gasteiger partial charge on any atom is 0.301 e. The maximum atomic E-state index is 11.0. The Morgan fingerprint density at radius 2 is 2.11 bits per heavy atom. The standard InChI is InChI=1S/C13H13N3O2S/c1-9-4-3-5-10(8-9)19-13-11(16(17)18)6-7-12(14-2)15-13/h3-8H,1-2H3,(H,14,15). The first kappa shape index (κ1) is 13.4. The Morgan fingerprint density at radius 3 is 2.74 bits per heavy atom. The molecule has 0 atom stereocenters. The van der Waals surface area contributed by atoms with Gasteiger partial charge in [-0.1, -0.05) is 29.5 Å². The number of hydrogen-bond donors (Lipinski definition) is 1. The number of hydrogen-bond acceptors (Lipinski definition) is 5. The third-order valence-electron chi connectivity index (χ3n) is 2.50. The molecule has 0 fully saturated rings. The molecule has 0 bridgehead atoms. The van der Waals surface area contributed by atoms with Crippen LogP contribution in [0.4, 0.5) is 11.5 Å². The first-order chi connectivity index (χ1) is 9.10. The molecule has 2 aromatic rings. The van der Waals surface area contributed by atoms with Crippen molar-refractivity contribution < 1.29 is 4.92 Å². The van der Waals surface area contributed by atoms with E-state index in [9.17, 15) is 10.1 Å². The van der Waals surface area contributed by atoms with Gasteiger partial charge in [0.1, 0.15) is 5.82 Å². The summed E-state index contributed by atoms with van der Waals surface area (Å²) >= 11 is 1.29. The van der Waals surface area contributed by atoms with Gasteiger partial charge in [-0.15, -0.1) is 0 Å². The molecule has 1 N–H and O–H groups in total. The highest BCUT2D eigenvalue weighted by molar-refractivity contribution is 7.99. The van der Waals surface area contributed by atoms with Gasteiger partial charge in [-0.3, -0.25) is 10.1 Å². The first-order valence-electron chi connectivity index (χ1n) is 5.68. The molecule has 0 unspecified atom stereocenters. The number of pyridine rings is 1. The van der Waals surface area contributed by atoms with Gasteiger partial charge in [0.15, 0.2) is 5.03 Å². The van der Waals surface area contributed by atoms with Gasteiger partial charge in [0.25, 0.3) is 0 Å². The van der Waals surface area contributed by atoms with E-state index in [1.807, 2.05) is 31.2 Å². The van der Waals surface area contributed by atoms with Crippen LogP contribution in [0.1, 0.15) is 5.56 Å². The van der Waals surface area contributed by atoms with Crippen LogP contribution in [0.25, 0.3) is 0 Å². The largest absolute Gasteiger partial charge is 0.373 e. The van der Waals surface area contributed by atoms with Crippen molar-refractivity contribution in [2.24, 2.45) is 0 Å². The Bertz CT molecular complexity index is 617. The molecule has 0 aliphatic carbocycles. The predicted molar refractivity (Wildman–Crippen MR) is 75.7 cm³/mol. The normalized spacial score (nSPS) is 10.2. The Labute approximate surface area is 115 Å². The number of anilines is 1. The lowest BCUT2D eigenvalue weighted by molar-refractivity contribution is -0.388. The molecule has 19 heavy (non-hydrogen) atoms. The van der Waals surface area contributed by atoms with E-state index < -0.39 is 4.92 Å². The average molecular weight is 275 g/mol. The Balaban J connectivity index is 2.39. The molecule has 1 aromatic heterocycles. The summed E-state index contributed by atoms with van der Waals surface area (Å²) in [7, 11) is 1.73. The molecule has 5 nitrogen and oxygen atoms in total. The van der Waals surface area contributed by atoms with Crippen LogP contribution in [0, 0.1) is 17.0 Å². The van der Waals surface area contributed by atoms with Gasteiger partial charge in [-0.25, -0.2) is 4.98 Å². The zero-order valence-corrected chi connectivity index (χ0v) is 11.4. The number of nitrogens with one attached hydrogen (secondary N) is 1. The summed E-state index contributed by atoms with van der Waals surface area (Å²) in [5.74, 6) is 0.612. The Hall–Kier alpha value is -2.08. The van der Waals surface area contributed by atoms with Crippen molar-refractivity contribution in [1.29, 1.82) is 0 Å². The fourth-order valence-electron chi connectivity index (χ4n) is 1.58. The number of rotatable bonds is 4. The molecular formula is C13H13N3O2S. The Kier molecular flexibility index (Phi) is 4.01. The SMILES string of the molecule is CNc1ccc([N+](=O)[O-])c(Sc2cccc(C)c2)n1. The van der Waals surface area contributed by atoms with Crippen LogP contribution in [0.3, 0.4) is 0 Å². The third kappa shape index (κ3) is 3.23. The van der Waals surface area contributed by atoms with Crippen LogP contribution in [0.15, 0.2) is 46.3 Å². The lowest BCUT2D eigenvalue weighted by Crippen LogP contribution is -1.97. The minimum absolute atomic E-state index is 0.0190. The zero-order chi connectivity index (χ0) is 13.8. The number of nitrogens with zero attached hydrogens (tertiary/aromatic N) is 2. The average Bonchev–Trinajstić information content (AvgIpc) is 2.38. The predicted octanol–water partition coefficient (Wildman–Crippen LogP) is 3.49. The van der Waals surface area contributed by atoms with E-state index in [4.69, 9.17) is 0 Å². The Morgan fingerprint density at radius 1 is 1.32 bits per heavy atom. The van der Waals surface area contributed by atoms with Gasteiger partial charge in [0, 0.05) is 18.0 Å². The quantitative estimate of drug-likeness (QED) is 0.683. The maximum absolute atomic E-state index is 11.0. The molecule has 98 valence electrons. The highest BCUT2D eigenvalue weighted by Gasteiger charge is 2.17. The first-order valence-corrected chi connectivity index (χ1v) is 6.49. The van der Waals surface area contributed by atoms with Crippen molar-refractivity contribution in [2.75, 3.05) is 12.4 Å². The second-order valence-electron chi connectivity index (χ2n) is 3.95. The lowest BCUT2D eigenvalue weighted by atomic mass is 10.2. The monoisotopic (exact) mass is 275 g/mol. The summed E-state index contributed by atoms with van der Waals surface area (Å²) in [6, 6.07) is 10.9. The molecule has 0 radical (unpaired) electrons. The lowest BCUT2D eigenvalue weighted by Gasteiger charge is -2.05. The van der Waals surface area contributed by atoms with Crippen molar-refractivity contribution in [2.45, 2.75) is 16.8 Å². The molecule has 0 aliphatic heterocycles. The van der Waals surface area contributed by atoms with Crippen molar-refractivity contribution in [3.8, 4) is 0 Å². The topological polar surface area (TPSA) is 68.1 Å². The number of aryl methyl sites for hydroxylation is 1. The fourth-order valence-corrected chi connectivity index (χ4v) is 2.58. The van der Waals surface area contributed by atoms with Crippen molar-refractivity contribution >= 4 is 23.3 Å². The molecule has 2 rings (SSSR count). The van der Waals surface area contributed by atoms with Crippen molar-refractivity contribution in [1.82, 2.24) is 4.98 Å². The van der Waals surface area contributed by atoms with Gasteiger partial charge < -0.3 is 5.32 Å². The highest BCUT2D eigenvalue weighted by atomic mass is 32.2. The van der Waals surface area contributed by atoms with Gasteiger partial charge in [0.2, 0.25) is 0 Å². The third-order valence-corrected chi connectivity index (χ3v) is 3.48. The zero-order valence-electron chi connectivity index (χ0n) is 10.6. The fraction of sp³-hybridized carbons (Fsp3) is 0.154. The molecule has 0 aliphatic rings. The summed E-state index contributed by atoms with van der Waals surface area (Å²) < 4.78 is 0. The highest BCUT2D eigenvalue weighted by Crippen LogP contribution is 2.34. The van der Waals surface area contributed by atoms with E-state index in [2.05, 4.69) is 10.3 Å². The molecule has 0 saturated heterocycles. The second-order valence-corrected chi connectivity index (χ2v) is 5.01. The van der Waals surface area contributed by atoms with E-state index in [0.29, 0.717) is 10.8 Å². The summed E-state index contributed by atoms with van der Waals surface area (Å²) in [5, 5.41) is 14.3. The summed E-state index contributed by atoms with van der Waals surface area (Å²) in [4.78, 5) is 15.8. The van der Waals surface area contributed by atoms with Gasteiger partial charge in [0.05, 0.1) is 4.92 Å². The molecule has 1 heterocycles. The molecule has 0 amide bonds. The van der Waals surface area contributed by atoms with E-state index in [1.165, 1.54) is 17.8 Å². The summed E-state index contributed by atoms with van der Waals surface area (Å²) in [6.45, 7) is 1.98. The van der Waals surface area contributed by atoms with Crippen LogP contribution in [-0.2, 0) is 0 Å².